The molecule has 1 spiro atoms. The topological polar surface area (TPSA) is 67.2 Å². The molecule has 0 unspecified atom stereocenters. The molecule has 0 aromatic heterocycles. The van der Waals surface area contributed by atoms with Gasteiger partial charge in [0, 0.05) is 12.1 Å². The van der Waals surface area contributed by atoms with Gasteiger partial charge in [0.2, 0.25) is 5.91 Å². The van der Waals surface area contributed by atoms with Crippen LogP contribution in [0.3, 0.4) is 0 Å². The summed E-state index contributed by atoms with van der Waals surface area (Å²) < 4.78 is 0. The number of nitrogens with two attached hydrogens (primary N) is 1. The van der Waals surface area contributed by atoms with Gasteiger partial charge in [0.15, 0.2) is 0 Å². The van der Waals surface area contributed by atoms with E-state index in [2.05, 4.69) is 10.6 Å². The van der Waals surface area contributed by atoms with E-state index >= 15 is 0 Å². The highest BCUT2D eigenvalue weighted by molar-refractivity contribution is 5.88. The fraction of sp³-hybridized carbons (Fsp3) is 0.938. The molecule has 20 heavy (non-hydrogen) atoms. The molecular formula is C16H27N3O. The van der Waals surface area contributed by atoms with E-state index in [1.54, 1.807) is 0 Å². The maximum atomic E-state index is 12.5. The predicted molar refractivity (Wildman–Crippen MR) is 78.1 cm³/mol. The molecule has 4 rings (SSSR count). The lowest BCUT2D eigenvalue weighted by Gasteiger charge is -2.55. The zero-order valence-corrected chi connectivity index (χ0v) is 12.3. The average Bonchev–Trinajstić information content (AvgIpc) is 3.00. The molecule has 1 saturated heterocycles. The van der Waals surface area contributed by atoms with Crippen LogP contribution in [0.15, 0.2) is 0 Å². The number of nitrogens with one attached hydrogen (secondary N) is 2. The Kier molecular flexibility index (Phi) is 2.90. The maximum absolute atomic E-state index is 12.5. The van der Waals surface area contributed by atoms with Gasteiger partial charge in [0.25, 0.3) is 0 Å². The molecular weight excluding hydrogens is 250 g/mol. The van der Waals surface area contributed by atoms with Crippen molar-refractivity contribution in [3.63, 3.8) is 0 Å². The highest BCUT2D eigenvalue weighted by atomic mass is 16.2. The summed E-state index contributed by atoms with van der Waals surface area (Å²) in [5.74, 6) is 0.887. The molecule has 2 bridgehead atoms. The number of piperidine rings is 1. The summed E-state index contributed by atoms with van der Waals surface area (Å²) in [6.07, 6.45) is 10.8. The van der Waals surface area contributed by atoms with Crippen molar-refractivity contribution in [2.75, 3.05) is 6.54 Å². The van der Waals surface area contributed by atoms with Crippen LogP contribution in [0.1, 0.15) is 57.8 Å². The van der Waals surface area contributed by atoms with Crippen molar-refractivity contribution in [1.82, 2.24) is 10.6 Å². The molecule has 0 aromatic carbocycles. The number of amides is 1. The third-order valence-electron chi connectivity index (χ3n) is 6.39. The number of hydrogen-bond acceptors (Lipinski definition) is 3. The summed E-state index contributed by atoms with van der Waals surface area (Å²) in [6.45, 7) is 1.13. The molecule has 3 aliphatic carbocycles. The lowest BCUT2D eigenvalue weighted by atomic mass is 9.52. The molecule has 0 aromatic rings. The fourth-order valence-electron chi connectivity index (χ4n) is 5.43. The number of hydrogen-bond donors (Lipinski definition) is 3. The first-order chi connectivity index (χ1) is 9.59. The van der Waals surface area contributed by atoms with Crippen molar-refractivity contribution in [3.8, 4) is 0 Å². The summed E-state index contributed by atoms with van der Waals surface area (Å²) in [5.41, 5.74) is 6.24. The minimum absolute atomic E-state index is 0.119. The molecule has 4 fully saturated rings. The van der Waals surface area contributed by atoms with Crippen molar-refractivity contribution >= 4 is 5.91 Å². The minimum Gasteiger partial charge on any atom is -0.350 e. The van der Waals surface area contributed by atoms with Crippen LogP contribution in [0.4, 0.5) is 0 Å². The molecule has 0 radical (unpaired) electrons. The maximum Gasteiger partial charge on any atom is 0.240 e. The van der Waals surface area contributed by atoms with E-state index in [9.17, 15) is 4.79 Å². The van der Waals surface area contributed by atoms with Crippen LogP contribution in [-0.4, -0.2) is 30.1 Å². The van der Waals surface area contributed by atoms with Gasteiger partial charge in [0.1, 0.15) is 0 Å². The van der Waals surface area contributed by atoms with Crippen LogP contribution in [-0.2, 0) is 4.79 Å². The minimum atomic E-state index is -0.570. The number of fused-ring (bicyclic) bond motifs is 2. The summed E-state index contributed by atoms with van der Waals surface area (Å²) in [7, 11) is 0. The van der Waals surface area contributed by atoms with Crippen LogP contribution < -0.4 is 16.4 Å². The van der Waals surface area contributed by atoms with Gasteiger partial charge in [-0.1, -0.05) is 19.3 Å². The van der Waals surface area contributed by atoms with Gasteiger partial charge in [-0.2, -0.15) is 0 Å². The van der Waals surface area contributed by atoms with Crippen molar-refractivity contribution in [3.05, 3.63) is 0 Å². The smallest absolute Gasteiger partial charge is 0.240 e. The molecule has 3 saturated carbocycles. The molecule has 1 aliphatic heterocycles. The molecule has 1 heterocycles. The van der Waals surface area contributed by atoms with Gasteiger partial charge in [-0.3, -0.25) is 4.79 Å². The van der Waals surface area contributed by atoms with Crippen molar-refractivity contribution in [2.24, 2.45) is 17.1 Å². The van der Waals surface area contributed by atoms with E-state index in [0.29, 0.717) is 17.5 Å². The second-order valence-electron chi connectivity index (χ2n) is 8.00. The monoisotopic (exact) mass is 277 g/mol. The van der Waals surface area contributed by atoms with Crippen LogP contribution in [0.2, 0.25) is 0 Å². The van der Waals surface area contributed by atoms with E-state index in [1.165, 1.54) is 38.5 Å². The molecule has 4 heteroatoms. The van der Waals surface area contributed by atoms with Gasteiger partial charge in [-0.15, -0.1) is 0 Å². The van der Waals surface area contributed by atoms with Gasteiger partial charge in [0.05, 0.1) is 5.54 Å². The second-order valence-corrected chi connectivity index (χ2v) is 8.00. The molecule has 1 amide bonds. The first kappa shape index (κ1) is 13.1. The molecule has 4 N–H and O–H groups in total. The standard InChI is InChI=1S/C16H27N3O/c17-16(9-15(10-16)4-2-1-3-5-15)14(20)19-13-7-11-6-12(13)18-8-11/h11-13,18H,1-10,17H2,(H,19,20)/t11-,12+,13+/m0/s1. The Bertz CT molecular complexity index is 408. The van der Waals surface area contributed by atoms with Gasteiger partial charge in [-0.05, 0) is 56.4 Å². The zero-order chi connectivity index (χ0) is 13.8. The Labute approximate surface area is 121 Å². The normalized spacial score (nSPS) is 40.5. The van der Waals surface area contributed by atoms with Crippen LogP contribution in [0, 0.1) is 11.3 Å². The Morgan fingerprint density at radius 3 is 2.50 bits per heavy atom. The summed E-state index contributed by atoms with van der Waals surface area (Å²) in [5, 5.41) is 6.75. The van der Waals surface area contributed by atoms with Crippen molar-refractivity contribution in [1.29, 1.82) is 0 Å². The van der Waals surface area contributed by atoms with Gasteiger partial charge >= 0.3 is 0 Å². The van der Waals surface area contributed by atoms with E-state index in [0.717, 1.165) is 31.7 Å². The number of carbonyl (C=O) groups is 1. The summed E-state index contributed by atoms with van der Waals surface area (Å²) in [4.78, 5) is 12.5. The lowest BCUT2D eigenvalue weighted by molar-refractivity contribution is -0.138. The Morgan fingerprint density at radius 2 is 1.90 bits per heavy atom. The van der Waals surface area contributed by atoms with Crippen LogP contribution in [0.5, 0.6) is 0 Å². The van der Waals surface area contributed by atoms with Crippen molar-refractivity contribution < 1.29 is 4.79 Å². The molecule has 112 valence electrons. The van der Waals surface area contributed by atoms with E-state index in [1.807, 2.05) is 0 Å². The van der Waals surface area contributed by atoms with Gasteiger partial charge < -0.3 is 16.4 Å². The van der Waals surface area contributed by atoms with Crippen molar-refractivity contribution in [2.45, 2.75) is 75.4 Å². The SMILES string of the molecule is NC1(C(=O)N[C@@H]2C[C@H]3CN[C@@H]2C3)CC2(CCCCC2)C1. The largest absolute Gasteiger partial charge is 0.350 e. The van der Waals surface area contributed by atoms with E-state index < -0.39 is 5.54 Å². The van der Waals surface area contributed by atoms with Crippen LogP contribution >= 0.6 is 0 Å². The first-order valence-corrected chi connectivity index (χ1v) is 8.42. The Morgan fingerprint density at radius 1 is 1.15 bits per heavy atom. The molecule has 4 nitrogen and oxygen atoms in total. The molecule has 3 atom stereocenters. The Hall–Kier alpha value is -0.610. The highest BCUT2D eigenvalue weighted by Crippen LogP contribution is 2.55. The second kappa shape index (κ2) is 4.44. The zero-order valence-electron chi connectivity index (χ0n) is 12.3. The lowest BCUT2D eigenvalue weighted by Crippen LogP contribution is -2.68. The van der Waals surface area contributed by atoms with Gasteiger partial charge in [-0.25, -0.2) is 0 Å². The number of rotatable bonds is 2. The number of carbonyl (C=O) groups excluding carboxylic acids is 1. The highest BCUT2D eigenvalue weighted by Gasteiger charge is 2.56. The van der Waals surface area contributed by atoms with E-state index in [4.69, 9.17) is 5.73 Å². The summed E-state index contributed by atoms with van der Waals surface area (Å²) >= 11 is 0. The fourth-order valence-corrected chi connectivity index (χ4v) is 5.43. The third-order valence-corrected chi connectivity index (χ3v) is 6.39. The first-order valence-electron chi connectivity index (χ1n) is 8.42. The summed E-state index contributed by atoms with van der Waals surface area (Å²) in [6, 6.07) is 0.820. The van der Waals surface area contributed by atoms with E-state index in [-0.39, 0.29) is 5.91 Å². The van der Waals surface area contributed by atoms with Crippen LogP contribution in [0.25, 0.3) is 0 Å². The quantitative estimate of drug-likeness (QED) is 0.712. The molecule has 4 aliphatic rings. The third kappa shape index (κ3) is 2.00. The predicted octanol–water partition coefficient (Wildman–Crippen LogP) is 1.29. The average molecular weight is 277 g/mol. The Balaban J connectivity index is 1.35.